The SMILES string of the molecule is CNCC[C@@H](c1ccccc1)N1c2ccccc2N(C)S1(O)O.Cl. The van der Waals surface area contributed by atoms with E-state index >= 15 is 0 Å². The molecule has 0 aromatic heterocycles. The summed E-state index contributed by atoms with van der Waals surface area (Å²) in [5, 5.41) is 3.16. The molecule has 1 aliphatic rings. The first-order valence-corrected chi connectivity index (χ1v) is 9.13. The number of benzene rings is 2. The molecule has 7 heteroatoms. The standard InChI is InChI=1S/C17H23N3O2S.ClH/c1-18-13-12-15(14-8-4-3-5-9-14)20-17-11-7-6-10-16(17)19(2)23(20,21)22;/h3-11,15,18,21-22H,12-13H2,1-2H3;1H/t15-;/m0./s1. The van der Waals surface area contributed by atoms with Gasteiger partial charge in [0, 0.05) is 7.05 Å². The van der Waals surface area contributed by atoms with Crippen LogP contribution in [0.2, 0.25) is 0 Å². The number of nitrogens with zero attached hydrogens (tertiary/aromatic N) is 2. The molecule has 1 atom stereocenters. The lowest BCUT2D eigenvalue weighted by atomic mass is 10.0. The smallest absolute Gasteiger partial charge is 0.0844 e. The maximum atomic E-state index is 10.8. The van der Waals surface area contributed by atoms with Crippen molar-refractivity contribution in [1.82, 2.24) is 5.32 Å². The monoisotopic (exact) mass is 369 g/mol. The highest BCUT2D eigenvalue weighted by atomic mass is 35.5. The van der Waals surface area contributed by atoms with Crippen LogP contribution in [0.5, 0.6) is 0 Å². The number of para-hydroxylation sites is 2. The topological polar surface area (TPSA) is 59.0 Å². The van der Waals surface area contributed by atoms with Crippen LogP contribution in [-0.4, -0.2) is 29.7 Å². The van der Waals surface area contributed by atoms with Gasteiger partial charge in [0.25, 0.3) is 0 Å². The molecule has 3 rings (SSSR count). The summed E-state index contributed by atoms with van der Waals surface area (Å²) in [6, 6.07) is 17.6. The molecule has 24 heavy (non-hydrogen) atoms. The lowest BCUT2D eigenvalue weighted by Crippen LogP contribution is -2.35. The largest absolute Gasteiger partial charge is 0.320 e. The molecule has 0 unspecified atom stereocenters. The van der Waals surface area contributed by atoms with Crippen molar-refractivity contribution in [1.29, 1.82) is 0 Å². The molecule has 0 saturated heterocycles. The summed E-state index contributed by atoms with van der Waals surface area (Å²) in [4.78, 5) is 0. The van der Waals surface area contributed by atoms with Crippen LogP contribution in [-0.2, 0) is 0 Å². The molecule has 3 N–H and O–H groups in total. The number of halogens is 1. The average Bonchev–Trinajstić information content (AvgIpc) is 2.77. The second-order valence-corrected chi connectivity index (χ2v) is 7.54. The number of fused-ring (bicyclic) bond motifs is 1. The van der Waals surface area contributed by atoms with Crippen molar-refractivity contribution in [2.45, 2.75) is 12.5 Å². The fraction of sp³-hybridized carbons (Fsp3) is 0.294. The van der Waals surface area contributed by atoms with Gasteiger partial charge >= 0.3 is 0 Å². The fourth-order valence-corrected chi connectivity index (χ4v) is 4.70. The van der Waals surface area contributed by atoms with E-state index in [9.17, 15) is 9.11 Å². The number of nitrogens with one attached hydrogen (secondary N) is 1. The normalized spacial score (nSPS) is 17.8. The Bertz CT molecular complexity index is 672. The van der Waals surface area contributed by atoms with E-state index in [1.807, 2.05) is 61.6 Å². The molecule has 2 aromatic carbocycles. The summed E-state index contributed by atoms with van der Waals surface area (Å²) in [7, 11) is 0.573. The lowest BCUT2D eigenvalue weighted by molar-refractivity contribution is 0.469. The highest BCUT2D eigenvalue weighted by Gasteiger charge is 2.42. The van der Waals surface area contributed by atoms with Crippen LogP contribution in [0.4, 0.5) is 11.4 Å². The maximum Gasteiger partial charge on any atom is 0.0844 e. The van der Waals surface area contributed by atoms with Crippen LogP contribution in [0, 0.1) is 0 Å². The number of hydrogen-bond donors (Lipinski definition) is 3. The van der Waals surface area contributed by atoms with Gasteiger partial charge in [0.05, 0.1) is 17.4 Å². The Morgan fingerprint density at radius 3 is 2.21 bits per heavy atom. The summed E-state index contributed by atoms with van der Waals surface area (Å²) in [6.45, 7) is 0.789. The van der Waals surface area contributed by atoms with Gasteiger partial charge in [0.15, 0.2) is 0 Å². The van der Waals surface area contributed by atoms with E-state index in [2.05, 4.69) is 5.32 Å². The quantitative estimate of drug-likeness (QED) is 0.733. The molecule has 0 bridgehead atoms. The molecule has 1 heterocycles. The Labute approximate surface area is 151 Å². The Morgan fingerprint density at radius 2 is 1.58 bits per heavy atom. The van der Waals surface area contributed by atoms with Gasteiger partial charge in [-0.3, -0.25) is 13.4 Å². The van der Waals surface area contributed by atoms with Gasteiger partial charge in [-0.25, -0.2) is 4.31 Å². The van der Waals surface area contributed by atoms with Crippen molar-refractivity contribution >= 4 is 34.7 Å². The molecule has 0 spiro atoms. The van der Waals surface area contributed by atoms with E-state index in [1.54, 1.807) is 15.7 Å². The first-order valence-electron chi connectivity index (χ1n) is 7.67. The van der Waals surface area contributed by atoms with Crippen LogP contribution in [0.3, 0.4) is 0 Å². The van der Waals surface area contributed by atoms with Crippen molar-refractivity contribution in [3.63, 3.8) is 0 Å². The molecular weight excluding hydrogens is 346 g/mol. The number of anilines is 2. The predicted octanol–water partition coefficient (Wildman–Crippen LogP) is 4.30. The highest BCUT2D eigenvalue weighted by molar-refractivity contribution is 8.26. The Morgan fingerprint density at radius 1 is 1.00 bits per heavy atom. The van der Waals surface area contributed by atoms with Crippen LogP contribution in [0.15, 0.2) is 54.6 Å². The van der Waals surface area contributed by atoms with Crippen molar-refractivity contribution in [3.8, 4) is 0 Å². The van der Waals surface area contributed by atoms with E-state index in [-0.39, 0.29) is 18.4 Å². The van der Waals surface area contributed by atoms with Crippen LogP contribution >= 0.6 is 23.4 Å². The van der Waals surface area contributed by atoms with Crippen molar-refractivity contribution in [3.05, 3.63) is 60.2 Å². The molecule has 2 aromatic rings. The summed E-state index contributed by atoms with van der Waals surface area (Å²) in [5.41, 5.74) is 2.78. The maximum absolute atomic E-state index is 10.8. The third-order valence-electron chi connectivity index (χ3n) is 4.22. The molecule has 5 nitrogen and oxygen atoms in total. The van der Waals surface area contributed by atoms with Gasteiger partial charge in [-0.15, -0.1) is 12.4 Å². The highest BCUT2D eigenvalue weighted by Crippen LogP contribution is 2.63. The molecule has 0 fully saturated rings. The van der Waals surface area contributed by atoms with Gasteiger partial charge in [0.2, 0.25) is 0 Å². The van der Waals surface area contributed by atoms with E-state index in [4.69, 9.17) is 0 Å². The van der Waals surface area contributed by atoms with E-state index < -0.39 is 11.0 Å². The minimum absolute atomic E-state index is 0. The minimum atomic E-state index is -3.06. The number of rotatable bonds is 5. The van der Waals surface area contributed by atoms with Crippen molar-refractivity contribution in [2.75, 3.05) is 29.3 Å². The molecule has 0 aliphatic carbocycles. The van der Waals surface area contributed by atoms with Gasteiger partial charge in [0.1, 0.15) is 0 Å². The third kappa shape index (κ3) is 3.20. The van der Waals surface area contributed by atoms with Gasteiger partial charge in [-0.2, -0.15) is 0 Å². The van der Waals surface area contributed by atoms with Crippen LogP contribution in [0.25, 0.3) is 0 Å². The Hall–Kier alpha value is -1.44. The second kappa shape index (κ2) is 7.63. The van der Waals surface area contributed by atoms with Gasteiger partial charge < -0.3 is 5.32 Å². The Balaban J connectivity index is 0.00000208. The summed E-state index contributed by atoms with van der Waals surface area (Å²) < 4.78 is 25.0. The third-order valence-corrected chi connectivity index (χ3v) is 6.14. The van der Waals surface area contributed by atoms with E-state index in [1.165, 1.54) is 0 Å². The summed E-state index contributed by atoms with van der Waals surface area (Å²) in [6.07, 6.45) is 0.776. The fourth-order valence-electron chi connectivity index (χ4n) is 3.03. The van der Waals surface area contributed by atoms with Crippen LogP contribution < -0.4 is 13.9 Å². The minimum Gasteiger partial charge on any atom is -0.320 e. The van der Waals surface area contributed by atoms with E-state index in [0.29, 0.717) is 0 Å². The molecule has 0 saturated carbocycles. The van der Waals surface area contributed by atoms with E-state index in [0.717, 1.165) is 29.9 Å². The zero-order valence-corrected chi connectivity index (χ0v) is 15.4. The average molecular weight is 370 g/mol. The first kappa shape index (κ1) is 18.9. The second-order valence-electron chi connectivity index (χ2n) is 5.62. The summed E-state index contributed by atoms with van der Waals surface area (Å²) >= 11 is 0. The summed E-state index contributed by atoms with van der Waals surface area (Å²) in [5.74, 6) is 0. The first-order chi connectivity index (χ1) is 11.1. The number of hydrogen-bond acceptors (Lipinski definition) is 5. The zero-order chi connectivity index (χ0) is 16.4. The molecule has 0 radical (unpaired) electrons. The van der Waals surface area contributed by atoms with Gasteiger partial charge in [-0.1, -0.05) is 42.5 Å². The molecule has 1 aliphatic heterocycles. The molecule has 0 amide bonds. The predicted molar refractivity (Wildman–Crippen MR) is 105 cm³/mol. The zero-order valence-electron chi connectivity index (χ0n) is 13.8. The van der Waals surface area contributed by atoms with Crippen molar-refractivity contribution < 1.29 is 9.11 Å². The van der Waals surface area contributed by atoms with Gasteiger partial charge in [-0.05, 0) is 48.7 Å². The van der Waals surface area contributed by atoms with Crippen molar-refractivity contribution in [2.24, 2.45) is 0 Å². The molecule has 132 valence electrons. The van der Waals surface area contributed by atoms with Crippen LogP contribution in [0.1, 0.15) is 18.0 Å². The lowest BCUT2D eigenvalue weighted by Gasteiger charge is -2.46. The Kier molecular flexibility index (Phi) is 6.01. The molecular formula is C17H24ClN3O2S.